The van der Waals surface area contributed by atoms with Gasteiger partial charge in [-0.3, -0.25) is 0 Å². The largest absolute Gasteiger partial charge is 0.329 e. The van der Waals surface area contributed by atoms with Gasteiger partial charge < -0.3 is 11.1 Å². The van der Waals surface area contributed by atoms with Crippen LogP contribution in [0, 0.1) is 11.8 Å². The summed E-state index contributed by atoms with van der Waals surface area (Å²) >= 11 is 0. The van der Waals surface area contributed by atoms with Gasteiger partial charge in [-0.05, 0) is 30.2 Å². The highest BCUT2D eigenvalue weighted by Crippen LogP contribution is 2.38. The van der Waals surface area contributed by atoms with Gasteiger partial charge in [0, 0.05) is 18.6 Å². The molecule has 2 heteroatoms. The molecule has 1 fully saturated rings. The predicted molar refractivity (Wildman–Crippen MR) is 81.9 cm³/mol. The fourth-order valence-electron chi connectivity index (χ4n) is 3.66. The number of nitrogens with one attached hydrogen (secondary N) is 1. The summed E-state index contributed by atoms with van der Waals surface area (Å²) in [5.41, 5.74) is 7.66. The van der Waals surface area contributed by atoms with Crippen molar-refractivity contribution in [2.75, 3.05) is 6.54 Å². The van der Waals surface area contributed by atoms with E-state index in [4.69, 9.17) is 5.73 Å². The number of benzene rings is 1. The van der Waals surface area contributed by atoms with E-state index in [2.05, 4.69) is 49.5 Å². The van der Waals surface area contributed by atoms with Crippen LogP contribution in [0.5, 0.6) is 0 Å². The van der Waals surface area contributed by atoms with E-state index < -0.39 is 0 Å². The first-order valence-electron chi connectivity index (χ1n) is 7.67. The van der Waals surface area contributed by atoms with Gasteiger partial charge in [-0.1, -0.05) is 57.0 Å². The first-order valence-corrected chi connectivity index (χ1v) is 7.67. The highest BCUT2D eigenvalue weighted by Gasteiger charge is 2.40. The summed E-state index contributed by atoms with van der Waals surface area (Å²) in [6.07, 6.45) is 5.20. The third-order valence-corrected chi connectivity index (χ3v) is 4.75. The monoisotopic (exact) mass is 260 g/mol. The van der Waals surface area contributed by atoms with E-state index in [9.17, 15) is 0 Å². The molecular formula is C17H28N2. The standard InChI is InChI=1S/C17H28N2/c1-14(2)16-10-6-7-11-17(16,13-18)19-12-15-8-4-3-5-9-15/h3-5,8-9,14,16,19H,6-7,10-13,18H2,1-2H3. The van der Waals surface area contributed by atoms with E-state index in [0.717, 1.165) is 13.1 Å². The van der Waals surface area contributed by atoms with Crippen LogP contribution in [0.2, 0.25) is 0 Å². The van der Waals surface area contributed by atoms with Crippen molar-refractivity contribution in [1.82, 2.24) is 5.32 Å². The molecule has 2 atom stereocenters. The van der Waals surface area contributed by atoms with Gasteiger partial charge in [0.1, 0.15) is 0 Å². The number of hydrogen-bond acceptors (Lipinski definition) is 2. The second-order valence-corrected chi connectivity index (χ2v) is 6.30. The van der Waals surface area contributed by atoms with Crippen LogP contribution in [0.1, 0.15) is 45.1 Å². The fourth-order valence-corrected chi connectivity index (χ4v) is 3.66. The quantitative estimate of drug-likeness (QED) is 0.852. The maximum absolute atomic E-state index is 6.17. The Labute approximate surface area is 117 Å². The van der Waals surface area contributed by atoms with Crippen LogP contribution < -0.4 is 11.1 Å². The topological polar surface area (TPSA) is 38.0 Å². The van der Waals surface area contributed by atoms with Crippen LogP contribution in [0.25, 0.3) is 0 Å². The van der Waals surface area contributed by atoms with Gasteiger partial charge in [0.15, 0.2) is 0 Å². The molecule has 19 heavy (non-hydrogen) atoms. The van der Waals surface area contributed by atoms with Crippen LogP contribution in [0.4, 0.5) is 0 Å². The summed E-state index contributed by atoms with van der Waals surface area (Å²) in [6, 6.07) is 10.6. The first-order chi connectivity index (χ1) is 9.18. The van der Waals surface area contributed by atoms with Gasteiger partial charge in [-0.2, -0.15) is 0 Å². The van der Waals surface area contributed by atoms with Crippen molar-refractivity contribution in [3.8, 4) is 0 Å². The molecule has 0 radical (unpaired) electrons. The molecule has 1 aliphatic rings. The Bertz CT molecular complexity index is 374. The highest BCUT2D eigenvalue weighted by atomic mass is 15.0. The second kappa shape index (κ2) is 6.53. The highest BCUT2D eigenvalue weighted by molar-refractivity contribution is 5.15. The maximum atomic E-state index is 6.17. The molecule has 1 aromatic carbocycles. The molecule has 0 saturated heterocycles. The average Bonchev–Trinajstić information content (AvgIpc) is 2.46. The van der Waals surface area contributed by atoms with Gasteiger partial charge >= 0.3 is 0 Å². The van der Waals surface area contributed by atoms with E-state index in [1.807, 2.05) is 0 Å². The summed E-state index contributed by atoms with van der Waals surface area (Å²) in [4.78, 5) is 0. The third-order valence-electron chi connectivity index (χ3n) is 4.75. The summed E-state index contributed by atoms with van der Waals surface area (Å²) < 4.78 is 0. The van der Waals surface area contributed by atoms with Gasteiger partial charge in [0.25, 0.3) is 0 Å². The van der Waals surface area contributed by atoms with Crippen LogP contribution in [0.3, 0.4) is 0 Å². The van der Waals surface area contributed by atoms with E-state index in [1.165, 1.54) is 31.2 Å². The van der Waals surface area contributed by atoms with Gasteiger partial charge in [0.2, 0.25) is 0 Å². The lowest BCUT2D eigenvalue weighted by atomic mass is 9.67. The summed E-state index contributed by atoms with van der Waals surface area (Å²) in [6.45, 7) is 6.36. The maximum Gasteiger partial charge on any atom is 0.0337 e. The minimum atomic E-state index is 0.141. The molecule has 0 aromatic heterocycles. The van der Waals surface area contributed by atoms with E-state index in [1.54, 1.807) is 0 Å². The number of nitrogens with two attached hydrogens (primary N) is 1. The number of rotatable bonds is 5. The molecule has 0 spiro atoms. The summed E-state index contributed by atoms with van der Waals surface area (Å²) in [5, 5.41) is 3.81. The number of hydrogen-bond donors (Lipinski definition) is 2. The lowest BCUT2D eigenvalue weighted by Gasteiger charge is -2.46. The molecule has 2 rings (SSSR count). The zero-order valence-electron chi connectivity index (χ0n) is 12.4. The Morgan fingerprint density at radius 1 is 1.26 bits per heavy atom. The molecule has 0 aliphatic heterocycles. The van der Waals surface area contributed by atoms with Crippen molar-refractivity contribution in [3.05, 3.63) is 35.9 Å². The second-order valence-electron chi connectivity index (χ2n) is 6.30. The van der Waals surface area contributed by atoms with Crippen molar-refractivity contribution >= 4 is 0 Å². The van der Waals surface area contributed by atoms with Crippen molar-refractivity contribution < 1.29 is 0 Å². The SMILES string of the molecule is CC(C)C1CCCCC1(CN)NCc1ccccc1. The zero-order chi connectivity index (χ0) is 13.7. The van der Waals surface area contributed by atoms with Crippen molar-refractivity contribution in [2.24, 2.45) is 17.6 Å². The van der Waals surface area contributed by atoms with Gasteiger partial charge in [-0.25, -0.2) is 0 Å². The molecule has 2 nitrogen and oxygen atoms in total. The molecule has 0 bridgehead atoms. The van der Waals surface area contributed by atoms with Gasteiger partial charge in [0.05, 0.1) is 0 Å². The van der Waals surface area contributed by atoms with Crippen LogP contribution >= 0.6 is 0 Å². The van der Waals surface area contributed by atoms with E-state index in [-0.39, 0.29) is 5.54 Å². The molecule has 0 amide bonds. The molecule has 2 unspecified atom stereocenters. The Balaban J connectivity index is 2.07. The van der Waals surface area contributed by atoms with Crippen LogP contribution in [-0.4, -0.2) is 12.1 Å². The molecule has 3 N–H and O–H groups in total. The molecular weight excluding hydrogens is 232 g/mol. The van der Waals surface area contributed by atoms with Crippen LogP contribution in [0.15, 0.2) is 30.3 Å². The fraction of sp³-hybridized carbons (Fsp3) is 0.647. The van der Waals surface area contributed by atoms with Crippen molar-refractivity contribution in [1.29, 1.82) is 0 Å². The van der Waals surface area contributed by atoms with Crippen molar-refractivity contribution in [2.45, 2.75) is 51.6 Å². The zero-order valence-corrected chi connectivity index (χ0v) is 12.4. The first kappa shape index (κ1) is 14.5. The molecule has 1 aromatic rings. The normalized spacial score (nSPS) is 27.7. The van der Waals surface area contributed by atoms with Crippen molar-refractivity contribution in [3.63, 3.8) is 0 Å². The smallest absolute Gasteiger partial charge is 0.0337 e. The Hall–Kier alpha value is -0.860. The van der Waals surface area contributed by atoms with Crippen LogP contribution in [-0.2, 0) is 6.54 Å². The van der Waals surface area contributed by atoms with Gasteiger partial charge in [-0.15, -0.1) is 0 Å². The van der Waals surface area contributed by atoms with E-state index >= 15 is 0 Å². The average molecular weight is 260 g/mol. The summed E-state index contributed by atoms with van der Waals surface area (Å²) in [5.74, 6) is 1.40. The lowest BCUT2D eigenvalue weighted by molar-refractivity contribution is 0.107. The molecule has 1 saturated carbocycles. The molecule has 0 heterocycles. The Morgan fingerprint density at radius 2 is 2.00 bits per heavy atom. The summed E-state index contributed by atoms with van der Waals surface area (Å²) in [7, 11) is 0. The Morgan fingerprint density at radius 3 is 2.63 bits per heavy atom. The lowest BCUT2D eigenvalue weighted by Crippen LogP contribution is -2.59. The van der Waals surface area contributed by atoms with E-state index in [0.29, 0.717) is 11.8 Å². The minimum absolute atomic E-state index is 0.141. The third kappa shape index (κ3) is 3.37. The Kier molecular flexibility index (Phi) is 5.00. The molecule has 106 valence electrons. The minimum Gasteiger partial charge on any atom is -0.329 e. The predicted octanol–water partition coefficient (Wildman–Crippen LogP) is 3.32. The molecule has 1 aliphatic carbocycles.